The number of primary amides is 1. The molecule has 0 unspecified atom stereocenters. The number of anilines is 3. The maximum Gasteiger partial charge on any atom is 0.252 e. The van der Waals surface area contributed by atoms with Crippen molar-refractivity contribution in [3.05, 3.63) is 47.7 Å². The quantitative estimate of drug-likeness (QED) is 0.760. The van der Waals surface area contributed by atoms with Gasteiger partial charge in [-0.1, -0.05) is 25.5 Å². The van der Waals surface area contributed by atoms with E-state index in [4.69, 9.17) is 11.5 Å². The SMILES string of the molecule is CCCCc1ccc(Nc2ncc(N)cc2C(N)=O)cc1. The van der Waals surface area contributed by atoms with Gasteiger partial charge in [-0.3, -0.25) is 4.79 Å². The number of nitrogens with one attached hydrogen (secondary N) is 1. The molecule has 1 heterocycles. The van der Waals surface area contributed by atoms with Crippen LogP contribution in [-0.2, 0) is 6.42 Å². The molecule has 0 aliphatic carbocycles. The molecular weight excluding hydrogens is 264 g/mol. The van der Waals surface area contributed by atoms with E-state index in [1.54, 1.807) is 0 Å². The zero-order valence-corrected chi connectivity index (χ0v) is 12.1. The third kappa shape index (κ3) is 3.95. The van der Waals surface area contributed by atoms with E-state index in [-0.39, 0.29) is 5.56 Å². The minimum atomic E-state index is -0.558. The number of benzene rings is 1. The first-order valence-electron chi connectivity index (χ1n) is 7.01. The van der Waals surface area contributed by atoms with Crippen LogP contribution in [0, 0.1) is 0 Å². The van der Waals surface area contributed by atoms with Gasteiger partial charge in [0.15, 0.2) is 0 Å². The lowest BCUT2D eigenvalue weighted by molar-refractivity contribution is 0.100. The van der Waals surface area contributed by atoms with Gasteiger partial charge in [-0.25, -0.2) is 4.98 Å². The van der Waals surface area contributed by atoms with Gasteiger partial charge in [0.2, 0.25) is 0 Å². The van der Waals surface area contributed by atoms with E-state index in [1.165, 1.54) is 30.7 Å². The monoisotopic (exact) mass is 284 g/mol. The standard InChI is InChI=1S/C16H20N4O/c1-2-3-4-11-5-7-13(8-6-11)20-16-14(15(18)21)9-12(17)10-19-16/h5-10H,2-4,17H2,1H3,(H2,18,21)(H,19,20). The van der Waals surface area contributed by atoms with Crippen molar-refractivity contribution in [2.24, 2.45) is 5.73 Å². The predicted octanol–water partition coefficient (Wildman–Crippen LogP) is 2.85. The number of hydrogen-bond donors (Lipinski definition) is 3. The van der Waals surface area contributed by atoms with Crippen molar-refractivity contribution >= 4 is 23.1 Å². The van der Waals surface area contributed by atoms with E-state index in [1.807, 2.05) is 12.1 Å². The highest BCUT2D eigenvalue weighted by Crippen LogP contribution is 2.21. The number of nitrogen functional groups attached to an aromatic ring is 1. The summed E-state index contributed by atoms with van der Waals surface area (Å²) in [5, 5.41) is 3.10. The first-order valence-corrected chi connectivity index (χ1v) is 7.01. The van der Waals surface area contributed by atoms with Crippen LogP contribution >= 0.6 is 0 Å². The molecule has 0 atom stereocenters. The van der Waals surface area contributed by atoms with E-state index < -0.39 is 5.91 Å². The molecular formula is C16H20N4O. The van der Waals surface area contributed by atoms with E-state index in [2.05, 4.69) is 29.4 Å². The molecule has 110 valence electrons. The number of pyridine rings is 1. The van der Waals surface area contributed by atoms with Crippen LogP contribution in [-0.4, -0.2) is 10.9 Å². The van der Waals surface area contributed by atoms with Crippen molar-refractivity contribution < 1.29 is 4.79 Å². The third-order valence-corrected chi connectivity index (χ3v) is 3.21. The molecule has 0 bridgehead atoms. The second-order valence-electron chi connectivity index (χ2n) is 4.95. The summed E-state index contributed by atoms with van der Waals surface area (Å²) >= 11 is 0. The molecule has 5 N–H and O–H groups in total. The smallest absolute Gasteiger partial charge is 0.252 e. The summed E-state index contributed by atoms with van der Waals surface area (Å²) in [6.45, 7) is 2.17. The minimum Gasteiger partial charge on any atom is -0.397 e. The maximum atomic E-state index is 11.4. The molecule has 1 aromatic carbocycles. The summed E-state index contributed by atoms with van der Waals surface area (Å²) < 4.78 is 0. The molecule has 0 saturated heterocycles. The fraction of sp³-hybridized carbons (Fsp3) is 0.250. The average Bonchev–Trinajstić information content (AvgIpc) is 2.48. The highest BCUT2D eigenvalue weighted by Gasteiger charge is 2.10. The normalized spacial score (nSPS) is 10.3. The molecule has 1 aromatic heterocycles. The number of carbonyl (C=O) groups is 1. The summed E-state index contributed by atoms with van der Waals surface area (Å²) in [5.74, 6) is -0.144. The second-order valence-corrected chi connectivity index (χ2v) is 4.95. The van der Waals surface area contributed by atoms with Gasteiger partial charge in [0.1, 0.15) is 5.82 Å². The Balaban J connectivity index is 2.16. The Labute approximate surface area is 124 Å². The highest BCUT2D eigenvalue weighted by atomic mass is 16.1. The van der Waals surface area contributed by atoms with Crippen LogP contribution in [0.1, 0.15) is 35.7 Å². The van der Waals surface area contributed by atoms with E-state index in [0.29, 0.717) is 11.5 Å². The fourth-order valence-corrected chi connectivity index (χ4v) is 2.04. The molecule has 0 fully saturated rings. The zero-order chi connectivity index (χ0) is 15.2. The zero-order valence-electron chi connectivity index (χ0n) is 12.1. The predicted molar refractivity (Wildman–Crippen MR) is 85.5 cm³/mol. The Morgan fingerprint density at radius 2 is 2.00 bits per heavy atom. The minimum absolute atomic E-state index is 0.282. The number of unbranched alkanes of at least 4 members (excludes halogenated alkanes) is 1. The number of amides is 1. The van der Waals surface area contributed by atoms with Crippen molar-refractivity contribution in [1.29, 1.82) is 0 Å². The summed E-state index contributed by atoms with van der Waals surface area (Å²) in [5.41, 5.74) is 13.8. The Morgan fingerprint density at radius 3 is 2.62 bits per heavy atom. The molecule has 2 rings (SSSR count). The van der Waals surface area contributed by atoms with Crippen molar-refractivity contribution in [1.82, 2.24) is 4.98 Å². The third-order valence-electron chi connectivity index (χ3n) is 3.21. The van der Waals surface area contributed by atoms with Crippen LogP contribution < -0.4 is 16.8 Å². The number of nitrogens with zero attached hydrogens (tertiary/aromatic N) is 1. The van der Waals surface area contributed by atoms with Gasteiger partial charge >= 0.3 is 0 Å². The molecule has 21 heavy (non-hydrogen) atoms. The molecule has 1 amide bonds. The molecule has 5 nitrogen and oxygen atoms in total. The average molecular weight is 284 g/mol. The lowest BCUT2D eigenvalue weighted by atomic mass is 10.1. The summed E-state index contributed by atoms with van der Waals surface area (Å²) in [6.07, 6.45) is 4.92. The highest BCUT2D eigenvalue weighted by molar-refractivity contribution is 5.99. The summed E-state index contributed by atoms with van der Waals surface area (Å²) in [4.78, 5) is 15.6. The van der Waals surface area contributed by atoms with Gasteiger partial charge in [0.05, 0.1) is 17.4 Å². The molecule has 2 aromatic rings. The van der Waals surface area contributed by atoms with Crippen LogP contribution in [0.4, 0.5) is 17.2 Å². The fourth-order valence-electron chi connectivity index (χ4n) is 2.04. The summed E-state index contributed by atoms with van der Waals surface area (Å²) in [6, 6.07) is 9.59. The van der Waals surface area contributed by atoms with Crippen LogP contribution in [0.5, 0.6) is 0 Å². The number of aryl methyl sites for hydroxylation is 1. The van der Waals surface area contributed by atoms with E-state index >= 15 is 0 Å². The van der Waals surface area contributed by atoms with Gasteiger partial charge in [-0.15, -0.1) is 0 Å². The number of rotatable bonds is 6. The lowest BCUT2D eigenvalue weighted by Gasteiger charge is -2.10. The number of hydrogen-bond acceptors (Lipinski definition) is 4. The molecule has 0 saturated carbocycles. The maximum absolute atomic E-state index is 11.4. The number of nitrogens with two attached hydrogens (primary N) is 2. The van der Waals surface area contributed by atoms with Gasteiger partial charge in [-0.2, -0.15) is 0 Å². The largest absolute Gasteiger partial charge is 0.397 e. The van der Waals surface area contributed by atoms with Gasteiger partial charge < -0.3 is 16.8 Å². The van der Waals surface area contributed by atoms with E-state index in [9.17, 15) is 4.79 Å². The van der Waals surface area contributed by atoms with Crippen molar-refractivity contribution in [2.45, 2.75) is 26.2 Å². The Bertz CT molecular complexity index is 623. The van der Waals surface area contributed by atoms with Gasteiger partial charge in [0, 0.05) is 5.69 Å². The van der Waals surface area contributed by atoms with Gasteiger partial charge in [0.25, 0.3) is 5.91 Å². The molecule has 0 spiro atoms. The molecule has 5 heteroatoms. The van der Waals surface area contributed by atoms with Gasteiger partial charge in [-0.05, 0) is 36.6 Å². The van der Waals surface area contributed by atoms with Crippen LogP contribution in [0.25, 0.3) is 0 Å². The molecule has 0 aliphatic heterocycles. The topological polar surface area (TPSA) is 94.0 Å². The van der Waals surface area contributed by atoms with Crippen LogP contribution in [0.3, 0.4) is 0 Å². The first kappa shape index (κ1) is 14.8. The van der Waals surface area contributed by atoms with Crippen molar-refractivity contribution in [2.75, 3.05) is 11.1 Å². The Kier molecular flexibility index (Phi) is 4.77. The first-order chi connectivity index (χ1) is 10.1. The van der Waals surface area contributed by atoms with Crippen LogP contribution in [0.2, 0.25) is 0 Å². The van der Waals surface area contributed by atoms with E-state index in [0.717, 1.165) is 12.1 Å². The summed E-state index contributed by atoms with van der Waals surface area (Å²) in [7, 11) is 0. The lowest BCUT2D eigenvalue weighted by Crippen LogP contribution is -2.14. The molecule has 0 aliphatic rings. The van der Waals surface area contributed by atoms with Crippen LogP contribution in [0.15, 0.2) is 36.5 Å². The molecule has 0 radical (unpaired) electrons. The van der Waals surface area contributed by atoms with Crippen molar-refractivity contribution in [3.63, 3.8) is 0 Å². The Hall–Kier alpha value is -2.56. The number of aromatic nitrogens is 1. The number of carbonyl (C=O) groups excluding carboxylic acids is 1. The van der Waals surface area contributed by atoms with Crippen molar-refractivity contribution in [3.8, 4) is 0 Å². The second kappa shape index (κ2) is 6.74. The Morgan fingerprint density at radius 1 is 1.29 bits per heavy atom.